The van der Waals surface area contributed by atoms with E-state index in [1.54, 1.807) is 12.5 Å². The van der Waals surface area contributed by atoms with E-state index in [1.807, 2.05) is 0 Å². The summed E-state index contributed by atoms with van der Waals surface area (Å²) in [6.45, 7) is 13.4. The standard InChI is InChI=1S/C9H20N.2C3H7.In/c1-4-7-10(8-5-2)9-6-3;2*1-3-2;/h1,4-9H2,2-3H3;2*1,3H2,2H3;. The fraction of sp³-hybridized carbons (Fsp3) is 1.00. The predicted octanol–water partition coefficient (Wildman–Crippen LogP) is 4.81. The maximum absolute atomic E-state index is 2.68. The van der Waals surface area contributed by atoms with Crippen molar-refractivity contribution in [3.8, 4) is 0 Å². The third-order valence-electron chi connectivity index (χ3n) is 3.56. The number of hydrogen-bond acceptors (Lipinski definition) is 1. The summed E-state index contributed by atoms with van der Waals surface area (Å²) in [5.74, 6) is 0. The van der Waals surface area contributed by atoms with Crippen LogP contribution in [0.2, 0.25) is 12.5 Å². The van der Waals surface area contributed by atoms with E-state index in [0.29, 0.717) is 0 Å². The van der Waals surface area contributed by atoms with Crippen LogP contribution in [-0.2, 0) is 0 Å². The van der Waals surface area contributed by atoms with E-state index in [-0.39, 0.29) is 0 Å². The molecule has 0 atom stereocenters. The molecule has 0 aromatic carbocycles. The summed E-state index contributed by atoms with van der Waals surface area (Å²) < 4.78 is 4.96. The molecule has 0 rings (SSSR count). The first-order valence-electron chi connectivity index (χ1n) is 8.00. The average molecular weight is 343 g/mol. The van der Waals surface area contributed by atoms with Gasteiger partial charge >= 0.3 is 118 Å². The minimum absolute atomic E-state index is 1.05. The van der Waals surface area contributed by atoms with E-state index < -0.39 is 21.4 Å². The molecule has 0 aromatic heterocycles. The second-order valence-electron chi connectivity index (χ2n) is 5.43. The van der Waals surface area contributed by atoms with Crippen LogP contribution in [0.1, 0.15) is 59.8 Å². The molecule has 1 nitrogen and oxygen atoms in total. The van der Waals surface area contributed by atoms with Gasteiger partial charge in [0.1, 0.15) is 0 Å². The van der Waals surface area contributed by atoms with Crippen molar-refractivity contribution in [1.29, 1.82) is 0 Å². The van der Waals surface area contributed by atoms with Gasteiger partial charge in [-0.2, -0.15) is 0 Å². The van der Waals surface area contributed by atoms with Crippen LogP contribution in [-0.4, -0.2) is 46.0 Å². The average Bonchev–Trinajstić information content (AvgIpc) is 2.30. The fourth-order valence-electron chi connectivity index (χ4n) is 2.82. The second-order valence-corrected chi connectivity index (χ2v) is 15.3. The third kappa shape index (κ3) is 10.4. The van der Waals surface area contributed by atoms with Crippen molar-refractivity contribution in [1.82, 2.24) is 4.90 Å². The molecule has 0 heterocycles. The number of hydrogen-bond donors (Lipinski definition) is 0. The Morgan fingerprint density at radius 1 is 0.647 bits per heavy atom. The number of rotatable bonds is 12. The molecule has 0 spiro atoms. The fourth-order valence-corrected chi connectivity index (χ4v) is 12.1. The molecule has 0 aliphatic heterocycles. The van der Waals surface area contributed by atoms with Crippen LogP contribution >= 0.6 is 0 Å². The Hall–Kier alpha value is 0.830. The molecule has 0 saturated heterocycles. The van der Waals surface area contributed by atoms with Crippen LogP contribution in [0.3, 0.4) is 0 Å². The molecule has 0 radical (unpaired) electrons. The van der Waals surface area contributed by atoms with Gasteiger partial charge in [-0.25, -0.2) is 0 Å². The summed E-state index contributed by atoms with van der Waals surface area (Å²) in [6.07, 6.45) is 7.04. The molecule has 0 bridgehead atoms. The summed E-state index contributed by atoms with van der Waals surface area (Å²) in [5.41, 5.74) is 0. The van der Waals surface area contributed by atoms with Gasteiger partial charge in [-0.15, -0.1) is 0 Å². The van der Waals surface area contributed by atoms with Gasteiger partial charge in [-0.3, -0.25) is 0 Å². The van der Waals surface area contributed by atoms with Gasteiger partial charge in [-0.1, -0.05) is 0 Å². The predicted molar refractivity (Wildman–Crippen MR) is 82.4 cm³/mol. The zero-order valence-corrected chi connectivity index (χ0v) is 16.1. The molecule has 102 valence electrons. The Morgan fingerprint density at radius 2 is 1.18 bits per heavy atom. The van der Waals surface area contributed by atoms with Crippen molar-refractivity contribution < 1.29 is 0 Å². The molecule has 0 aliphatic carbocycles. The van der Waals surface area contributed by atoms with Gasteiger partial charge < -0.3 is 0 Å². The van der Waals surface area contributed by atoms with E-state index in [4.69, 9.17) is 0 Å². The molecule has 0 saturated carbocycles. The Kier molecular flexibility index (Phi) is 13.9. The zero-order chi connectivity index (χ0) is 12.9. The van der Waals surface area contributed by atoms with Crippen LogP contribution < -0.4 is 0 Å². The quantitative estimate of drug-likeness (QED) is 0.491. The summed E-state index contributed by atoms with van der Waals surface area (Å²) in [6, 6.07) is 0. The second kappa shape index (κ2) is 13.3. The van der Waals surface area contributed by atoms with Gasteiger partial charge in [0.25, 0.3) is 0 Å². The molecule has 17 heavy (non-hydrogen) atoms. The first-order chi connectivity index (χ1) is 8.28. The number of nitrogens with zero attached hydrogens (tertiary/aromatic N) is 1. The van der Waals surface area contributed by atoms with Crippen LogP contribution in [0.4, 0.5) is 0 Å². The molecule has 0 aliphatic rings. The Morgan fingerprint density at radius 3 is 1.59 bits per heavy atom. The zero-order valence-electron chi connectivity index (χ0n) is 12.8. The molecule has 0 aromatic rings. The van der Waals surface area contributed by atoms with E-state index in [2.05, 4.69) is 32.6 Å². The molecular formula is C15H34InN. The van der Waals surface area contributed by atoms with Gasteiger partial charge in [0.15, 0.2) is 0 Å². The van der Waals surface area contributed by atoms with Crippen molar-refractivity contribution in [2.45, 2.75) is 72.3 Å². The van der Waals surface area contributed by atoms with Gasteiger partial charge in [0.05, 0.1) is 0 Å². The minimum atomic E-state index is -1.05. The van der Waals surface area contributed by atoms with Crippen molar-refractivity contribution in [3.05, 3.63) is 0 Å². The monoisotopic (exact) mass is 343 g/mol. The Labute approximate surface area is 118 Å². The van der Waals surface area contributed by atoms with Crippen LogP contribution in [0.25, 0.3) is 0 Å². The normalized spacial score (nSPS) is 11.1. The van der Waals surface area contributed by atoms with E-state index in [1.165, 1.54) is 51.7 Å². The summed E-state index contributed by atoms with van der Waals surface area (Å²) in [5, 5.41) is 0. The molecule has 0 amide bonds. The first-order valence-corrected chi connectivity index (χ1v) is 15.0. The Balaban J connectivity index is 3.73. The summed E-state index contributed by atoms with van der Waals surface area (Å²) in [4.78, 5) is 2.68. The topological polar surface area (TPSA) is 3.24 Å². The van der Waals surface area contributed by atoms with Crippen molar-refractivity contribution in [2.24, 2.45) is 0 Å². The Bertz CT molecular complexity index is 122. The van der Waals surface area contributed by atoms with Crippen molar-refractivity contribution in [3.63, 3.8) is 0 Å². The molecule has 0 fully saturated rings. The first kappa shape index (κ1) is 17.8. The molecule has 0 unspecified atom stereocenters. The van der Waals surface area contributed by atoms with E-state index in [0.717, 1.165) is 0 Å². The van der Waals surface area contributed by atoms with E-state index in [9.17, 15) is 0 Å². The molecular weight excluding hydrogens is 309 g/mol. The van der Waals surface area contributed by atoms with Crippen LogP contribution in [0.15, 0.2) is 0 Å². The molecule has 2 heteroatoms. The summed E-state index contributed by atoms with van der Waals surface area (Å²) in [7, 11) is 0. The summed E-state index contributed by atoms with van der Waals surface area (Å²) >= 11 is -1.05. The van der Waals surface area contributed by atoms with Crippen molar-refractivity contribution >= 4 is 21.4 Å². The molecule has 0 N–H and O–H groups in total. The van der Waals surface area contributed by atoms with E-state index >= 15 is 0 Å². The third-order valence-corrected chi connectivity index (χ3v) is 15.0. The van der Waals surface area contributed by atoms with Crippen LogP contribution in [0.5, 0.6) is 0 Å². The van der Waals surface area contributed by atoms with Gasteiger partial charge in [0.2, 0.25) is 0 Å². The SMILES string of the molecule is CCCN(CCC)CC[CH2][In]([CH2]CC)[CH2]CC. The van der Waals surface area contributed by atoms with Gasteiger partial charge in [-0.05, 0) is 0 Å². The van der Waals surface area contributed by atoms with Crippen molar-refractivity contribution in [2.75, 3.05) is 19.6 Å². The maximum atomic E-state index is 2.68. The van der Waals surface area contributed by atoms with Gasteiger partial charge in [0, 0.05) is 0 Å². The van der Waals surface area contributed by atoms with Crippen LogP contribution in [0, 0.1) is 0 Å².